The first-order valence-corrected chi connectivity index (χ1v) is 18.6. The molecule has 262 valence electrons. The molecule has 4 aliphatic rings. The van der Waals surface area contributed by atoms with Gasteiger partial charge in [0.05, 0.1) is 17.8 Å². The lowest BCUT2D eigenvalue weighted by molar-refractivity contribution is -0.140. The second-order valence-electron chi connectivity index (χ2n) is 13.7. The zero-order valence-electron chi connectivity index (χ0n) is 27.1. The van der Waals surface area contributed by atoms with Gasteiger partial charge in [0.2, 0.25) is 21.8 Å². The van der Waals surface area contributed by atoms with Crippen molar-refractivity contribution in [2.24, 2.45) is 17.8 Å². The van der Waals surface area contributed by atoms with Crippen molar-refractivity contribution in [3.63, 3.8) is 0 Å². The standard InChI is InChI=1S/C34H39BrFN5O7S/c1-4-20-15-34(20,32(44)39-49(47,48)23-12-13-23)38-30(42)27-14-19(29-24-6-5-7-26(36)25(24)17-41(29)33(45)46)16-40(27)31(43)28(18(2)3)37-22-10-8-21(35)9-11-22/h4-11,18-20,23,27-29,37H,1,12-17H2,2-3H3,(H,38,42)(H,39,44)(H,45,46)/t19-,20?,27+,28+,29?,34?/m1/s1. The van der Waals surface area contributed by atoms with Gasteiger partial charge in [0.1, 0.15) is 23.4 Å². The van der Waals surface area contributed by atoms with Gasteiger partial charge in [-0.2, -0.15) is 0 Å². The smallest absolute Gasteiger partial charge is 0.408 e. The van der Waals surface area contributed by atoms with Gasteiger partial charge in [0.25, 0.3) is 5.91 Å². The first-order chi connectivity index (χ1) is 23.2. The van der Waals surface area contributed by atoms with Crippen LogP contribution in [0.3, 0.4) is 0 Å². The number of fused-ring (bicyclic) bond motifs is 1. The van der Waals surface area contributed by atoms with Gasteiger partial charge in [-0.1, -0.05) is 48.0 Å². The number of benzene rings is 2. The maximum Gasteiger partial charge on any atom is 0.408 e. The Morgan fingerprint density at radius 2 is 1.80 bits per heavy atom. The minimum Gasteiger partial charge on any atom is -0.465 e. The lowest BCUT2D eigenvalue weighted by atomic mass is 9.90. The van der Waals surface area contributed by atoms with Crippen LogP contribution in [0.15, 0.2) is 59.6 Å². The fraction of sp³-hybridized carbons (Fsp3) is 0.471. The number of nitrogens with one attached hydrogen (secondary N) is 3. The average Bonchev–Trinajstić information content (AvgIpc) is 3.94. The van der Waals surface area contributed by atoms with E-state index in [1.54, 1.807) is 18.2 Å². The topological polar surface area (TPSA) is 165 Å². The van der Waals surface area contributed by atoms with E-state index in [2.05, 4.69) is 37.9 Å². The number of carbonyl (C=O) groups is 4. The molecule has 3 fully saturated rings. The molecule has 49 heavy (non-hydrogen) atoms. The third-order valence-corrected chi connectivity index (χ3v) is 12.4. The van der Waals surface area contributed by atoms with Crippen LogP contribution < -0.4 is 15.4 Å². The number of carboxylic acid groups (broad SMARTS) is 1. The van der Waals surface area contributed by atoms with E-state index in [0.717, 1.165) is 9.37 Å². The van der Waals surface area contributed by atoms with Crippen LogP contribution in [0.1, 0.15) is 56.7 Å². The molecule has 0 bridgehead atoms. The van der Waals surface area contributed by atoms with Crippen molar-refractivity contribution < 1.29 is 37.1 Å². The molecule has 4 N–H and O–H groups in total. The van der Waals surface area contributed by atoms with Crippen molar-refractivity contribution >= 4 is 55.5 Å². The number of likely N-dealkylation sites (tertiary alicyclic amines) is 1. The molecule has 2 saturated carbocycles. The third kappa shape index (κ3) is 6.66. The molecule has 15 heteroatoms. The summed E-state index contributed by atoms with van der Waals surface area (Å²) in [4.78, 5) is 57.2. The maximum absolute atomic E-state index is 14.9. The van der Waals surface area contributed by atoms with Crippen LogP contribution in [-0.4, -0.2) is 76.6 Å². The normalized spacial score (nSPS) is 26.6. The van der Waals surface area contributed by atoms with Gasteiger partial charge < -0.3 is 20.6 Å². The summed E-state index contributed by atoms with van der Waals surface area (Å²) >= 11 is 3.41. The molecule has 0 aromatic heterocycles. The van der Waals surface area contributed by atoms with Crippen LogP contribution in [0.5, 0.6) is 0 Å². The number of amides is 4. The summed E-state index contributed by atoms with van der Waals surface area (Å²) in [5.74, 6) is -3.87. The Morgan fingerprint density at radius 3 is 2.39 bits per heavy atom. The summed E-state index contributed by atoms with van der Waals surface area (Å²) in [6.07, 6.45) is 1.25. The Balaban J connectivity index is 1.33. The largest absolute Gasteiger partial charge is 0.465 e. The molecule has 3 unspecified atom stereocenters. The Morgan fingerprint density at radius 1 is 1.10 bits per heavy atom. The average molecular weight is 761 g/mol. The number of nitrogens with zero attached hydrogens (tertiary/aromatic N) is 2. The number of carbonyl (C=O) groups excluding carboxylic acids is 3. The van der Waals surface area contributed by atoms with Crippen molar-refractivity contribution in [1.82, 2.24) is 19.8 Å². The molecule has 0 spiro atoms. The number of hydrogen-bond acceptors (Lipinski definition) is 7. The highest BCUT2D eigenvalue weighted by Gasteiger charge is 2.62. The molecule has 1 saturated heterocycles. The molecule has 12 nitrogen and oxygen atoms in total. The molecule has 2 aromatic carbocycles. The van der Waals surface area contributed by atoms with Gasteiger partial charge in [-0.05, 0) is 67.5 Å². The maximum atomic E-state index is 14.9. The Labute approximate surface area is 292 Å². The summed E-state index contributed by atoms with van der Waals surface area (Å²) in [7, 11) is -3.91. The summed E-state index contributed by atoms with van der Waals surface area (Å²) in [6, 6.07) is 8.92. The van der Waals surface area contributed by atoms with Gasteiger partial charge in [0, 0.05) is 34.1 Å². The molecule has 2 aliphatic heterocycles. The van der Waals surface area contributed by atoms with Gasteiger partial charge >= 0.3 is 6.09 Å². The van der Waals surface area contributed by atoms with E-state index in [-0.39, 0.29) is 37.4 Å². The van der Waals surface area contributed by atoms with Crippen molar-refractivity contribution in [3.8, 4) is 0 Å². The first kappa shape index (κ1) is 34.9. The molecule has 6 rings (SSSR count). The number of sulfonamides is 1. The lowest BCUT2D eigenvalue weighted by Gasteiger charge is -2.32. The van der Waals surface area contributed by atoms with Crippen LogP contribution >= 0.6 is 15.9 Å². The number of halogens is 2. The molecular weight excluding hydrogens is 721 g/mol. The van der Waals surface area contributed by atoms with Crippen LogP contribution in [0.25, 0.3) is 0 Å². The molecular formula is C34H39BrFN5O7S. The third-order valence-electron chi connectivity index (χ3n) is 10.1. The van der Waals surface area contributed by atoms with Gasteiger partial charge in [-0.25, -0.2) is 17.6 Å². The second-order valence-corrected chi connectivity index (χ2v) is 16.6. The Bertz CT molecular complexity index is 1800. The summed E-state index contributed by atoms with van der Waals surface area (Å²) in [5, 5.41) is 15.5. The fourth-order valence-electron chi connectivity index (χ4n) is 7.18. The summed E-state index contributed by atoms with van der Waals surface area (Å²) in [5.41, 5.74) is -0.179. The molecule has 4 amide bonds. The SMILES string of the molecule is C=CC1CC1(NC(=O)[C@@H]1C[C@@H](C2c3cccc(F)c3CN2C(=O)O)CN1C(=O)[C@@H](Nc1ccc(Br)cc1)C(C)C)C(=O)NS(=O)(=O)C1CC1. The van der Waals surface area contributed by atoms with Crippen LogP contribution in [-0.2, 0) is 31.0 Å². The quantitative estimate of drug-likeness (QED) is 0.248. The Kier molecular flexibility index (Phi) is 9.28. The summed E-state index contributed by atoms with van der Waals surface area (Å²) < 4.78 is 43.2. The Hall–Kier alpha value is -3.98. The fourth-order valence-corrected chi connectivity index (χ4v) is 8.81. The van der Waals surface area contributed by atoms with E-state index in [4.69, 9.17) is 0 Å². The van der Waals surface area contributed by atoms with Gasteiger partial charge in [0.15, 0.2) is 0 Å². The minimum atomic E-state index is -3.91. The van der Waals surface area contributed by atoms with Crippen LogP contribution in [0, 0.1) is 23.6 Å². The summed E-state index contributed by atoms with van der Waals surface area (Å²) in [6.45, 7) is 7.27. The zero-order valence-corrected chi connectivity index (χ0v) is 29.5. The van der Waals surface area contributed by atoms with E-state index in [0.29, 0.717) is 24.1 Å². The van der Waals surface area contributed by atoms with E-state index in [1.165, 1.54) is 23.1 Å². The van der Waals surface area contributed by atoms with Crippen molar-refractivity contribution in [2.45, 2.75) is 75.0 Å². The second kappa shape index (κ2) is 13.0. The van der Waals surface area contributed by atoms with Crippen LogP contribution in [0.4, 0.5) is 14.9 Å². The molecule has 2 heterocycles. The number of rotatable bonds is 11. The number of hydrogen-bond donors (Lipinski definition) is 4. The van der Waals surface area contributed by atoms with E-state index in [9.17, 15) is 37.1 Å². The van der Waals surface area contributed by atoms with Crippen molar-refractivity contribution in [2.75, 3.05) is 11.9 Å². The molecule has 2 aromatic rings. The highest BCUT2D eigenvalue weighted by Crippen LogP contribution is 2.47. The predicted molar refractivity (Wildman–Crippen MR) is 182 cm³/mol. The highest BCUT2D eigenvalue weighted by molar-refractivity contribution is 9.10. The monoisotopic (exact) mass is 759 g/mol. The van der Waals surface area contributed by atoms with E-state index >= 15 is 0 Å². The van der Waals surface area contributed by atoms with Crippen LogP contribution in [0.2, 0.25) is 0 Å². The first-order valence-electron chi connectivity index (χ1n) is 16.3. The van der Waals surface area contributed by atoms with E-state index < -0.39 is 80.4 Å². The van der Waals surface area contributed by atoms with Gasteiger partial charge in [-0.15, -0.1) is 6.58 Å². The van der Waals surface area contributed by atoms with E-state index in [1.807, 2.05) is 26.0 Å². The predicted octanol–water partition coefficient (Wildman–Crippen LogP) is 4.15. The van der Waals surface area contributed by atoms with Crippen molar-refractivity contribution in [3.05, 3.63) is 76.5 Å². The lowest BCUT2D eigenvalue weighted by Crippen LogP contribution is -2.58. The minimum absolute atomic E-state index is 0.0158. The molecule has 6 atom stereocenters. The molecule has 2 aliphatic carbocycles. The number of anilines is 1. The van der Waals surface area contributed by atoms with Crippen molar-refractivity contribution in [1.29, 1.82) is 0 Å². The zero-order chi connectivity index (χ0) is 35.4. The van der Waals surface area contributed by atoms with Gasteiger partial charge in [-0.3, -0.25) is 24.0 Å². The molecule has 0 radical (unpaired) electrons. The highest BCUT2D eigenvalue weighted by atomic mass is 79.9.